The lowest BCUT2D eigenvalue weighted by Gasteiger charge is -2.32. The quantitative estimate of drug-likeness (QED) is 0.797. The fourth-order valence-corrected chi connectivity index (χ4v) is 4.51. The minimum absolute atomic E-state index is 0.113. The zero-order chi connectivity index (χ0) is 15.7. The molecular weight excluding hydrogens is 316 g/mol. The summed E-state index contributed by atoms with van der Waals surface area (Å²) in [5, 5.41) is 9.08. The molecule has 0 atom stereocenters. The molecule has 7 nitrogen and oxygen atoms in total. The van der Waals surface area contributed by atoms with Crippen molar-refractivity contribution in [1.82, 2.24) is 8.61 Å². The van der Waals surface area contributed by atoms with Gasteiger partial charge in [0, 0.05) is 26.2 Å². The summed E-state index contributed by atoms with van der Waals surface area (Å²) >= 11 is 0. The predicted octanol–water partition coefficient (Wildman–Crippen LogP) is -0.555. The summed E-state index contributed by atoms with van der Waals surface area (Å²) in [6.07, 6.45) is 1.11. The first-order chi connectivity index (χ1) is 9.75. The van der Waals surface area contributed by atoms with Crippen LogP contribution in [0.1, 0.15) is 5.56 Å². The van der Waals surface area contributed by atoms with Crippen molar-refractivity contribution in [3.8, 4) is 0 Å². The highest BCUT2D eigenvalue weighted by Crippen LogP contribution is 2.19. The van der Waals surface area contributed by atoms with E-state index in [-0.39, 0.29) is 37.7 Å². The number of aliphatic hydroxyl groups excluding tert-OH is 1. The van der Waals surface area contributed by atoms with Gasteiger partial charge in [0.25, 0.3) is 0 Å². The monoisotopic (exact) mass is 334 g/mol. The van der Waals surface area contributed by atoms with Crippen LogP contribution in [0.15, 0.2) is 29.2 Å². The fraction of sp³-hybridized carbons (Fsp3) is 0.500. The predicted molar refractivity (Wildman–Crippen MR) is 77.5 cm³/mol. The van der Waals surface area contributed by atoms with Gasteiger partial charge in [0.2, 0.25) is 20.0 Å². The van der Waals surface area contributed by atoms with Crippen LogP contribution in [0.3, 0.4) is 0 Å². The lowest BCUT2D eigenvalue weighted by molar-refractivity contribution is 0.273. The molecule has 1 heterocycles. The highest BCUT2D eigenvalue weighted by Gasteiger charge is 2.31. The molecule has 1 N–H and O–H groups in total. The number of nitrogens with zero attached hydrogens (tertiary/aromatic N) is 2. The average Bonchev–Trinajstić information content (AvgIpc) is 2.46. The molecule has 0 aromatic heterocycles. The van der Waals surface area contributed by atoms with Gasteiger partial charge in [-0.3, -0.25) is 0 Å². The van der Waals surface area contributed by atoms with Crippen molar-refractivity contribution < 1.29 is 21.9 Å². The molecule has 1 aliphatic rings. The van der Waals surface area contributed by atoms with Gasteiger partial charge in [0.15, 0.2) is 0 Å². The largest absolute Gasteiger partial charge is 0.392 e. The highest BCUT2D eigenvalue weighted by atomic mass is 32.2. The number of hydrogen-bond donors (Lipinski definition) is 1. The number of aliphatic hydroxyl groups is 1. The molecule has 0 aliphatic carbocycles. The van der Waals surface area contributed by atoms with Crippen LogP contribution in [0.4, 0.5) is 0 Å². The van der Waals surface area contributed by atoms with Crippen molar-refractivity contribution in [1.29, 1.82) is 0 Å². The Labute approximate surface area is 124 Å². The molecule has 0 unspecified atom stereocenters. The van der Waals surface area contributed by atoms with Crippen molar-refractivity contribution in [3.63, 3.8) is 0 Å². The molecule has 0 amide bonds. The maximum absolute atomic E-state index is 12.5. The summed E-state index contributed by atoms with van der Waals surface area (Å²) in [6.45, 7) is 0.318. The van der Waals surface area contributed by atoms with Gasteiger partial charge in [0.1, 0.15) is 0 Å². The Bertz CT molecular complexity index is 707. The summed E-state index contributed by atoms with van der Waals surface area (Å²) in [6, 6.07) is 6.11. The van der Waals surface area contributed by atoms with E-state index in [1.165, 1.54) is 20.7 Å². The second-order valence-electron chi connectivity index (χ2n) is 4.87. The van der Waals surface area contributed by atoms with Crippen LogP contribution in [0, 0.1) is 0 Å². The van der Waals surface area contributed by atoms with E-state index in [4.69, 9.17) is 5.11 Å². The number of hydrogen-bond acceptors (Lipinski definition) is 5. The summed E-state index contributed by atoms with van der Waals surface area (Å²) < 4.78 is 50.4. The second-order valence-corrected chi connectivity index (χ2v) is 8.79. The third kappa shape index (κ3) is 3.61. The van der Waals surface area contributed by atoms with Crippen LogP contribution in [0.25, 0.3) is 0 Å². The van der Waals surface area contributed by atoms with E-state index in [9.17, 15) is 16.8 Å². The summed E-state index contributed by atoms with van der Waals surface area (Å²) in [7, 11) is -6.95. The number of piperazine rings is 1. The van der Waals surface area contributed by atoms with Crippen molar-refractivity contribution in [3.05, 3.63) is 29.8 Å². The first kappa shape index (κ1) is 16.4. The maximum Gasteiger partial charge on any atom is 0.243 e. The molecule has 0 radical (unpaired) electrons. The molecule has 21 heavy (non-hydrogen) atoms. The van der Waals surface area contributed by atoms with E-state index in [0.29, 0.717) is 5.56 Å². The van der Waals surface area contributed by atoms with E-state index < -0.39 is 20.0 Å². The van der Waals surface area contributed by atoms with Crippen LogP contribution < -0.4 is 0 Å². The van der Waals surface area contributed by atoms with Gasteiger partial charge in [-0.05, 0) is 17.7 Å². The van der Waals surface area contributed by atoms with Gasteiger partial charge in [-0.1, -0.05) is 12.1 Å². The van der Waals surface area contributed by atoms with Gasteiger partial charge in [0.05, 0.1) is 17.8 Å². The van der Waals surface area contributed by atoms with E-state index in [1.807, 2.05) is 0 Å². The topological polar surface area (TPSA) is 95.0 Å². The zero-order valence-corrected chi connectivity index (χ0v) is 13.3. The third-order valence-electron chi connectivity index (χ3n) is 3.39. The maximum atomic E-state index is 12.5. The minimum atomic E-state index is -3.66. The average molecular weight is 334 g/mol. The summed E-state index contributed by atoms with van der Waals surface area (Å²) in [4.78, 5) is 0.113. The van der Waals surface area contributed by atoms with Crippen molar-refractivity contribution >= 4 is 20.0 Å². The van der Waals surface area contributed by atoms with Crippen molar-refractivity contribution in [2.75, 3.05) is 32.4 Å². The number of sulfonamides is 2. The lowest BCUT2D eigenvalue weighted by atomic mass is 10.2. The van der Waals surface area contributed by atoms with E-state index >= 15 is 0 Å². The van der Waals surface area contributed by atoms with E-state index in [0.717, 1.165) is 6.26 Å². The molecule has 0 spiro atoms. The van der Waals surface area contributed by atoms with Gasteiger partial charge < -0.3 is 5.11 Å². The minimum Gasteiger partial charge on any atom is -0.392 e. The van der Waals surface area contributed by atoms with Gasteiger partial charge in [-0.25, -0.2) is 16.8 Å². The Morgan fingerprint density at radius 2 is 1.62 bits per heavy atom. The molecule has 9 heteroatoms. The van der Waals surface area contributed by atoms with Crippen LogP contribution in [0.5, 0.6) is 0 Å². The van der Waals surface area contributed by atoms with Crippen LogP contribution in [0.2, 0.25) is 0 Å². The first-order valence-electron chi connectivity index (χ1n) is 6.40. The van der Waals surface area contributed by atoms with Crippen LogP contribution in [-0.2, 0) is 26.7 Å². The fourth-order valence-electron chi connectivity index (χ4n) is 2.20. The molecule has 1 saturated heterocycles. The summed E-state index contributed by atoms with van der Waals surface area (Å²) in [5.74, 6) is 0. The molecule has 1 aliphatic heterocycles. The van der Waals surface area contributed by atoms with Gasteiger partial charge in [-0.2, -0.15) is 8.61 Å². The molecule has 118 valence electrons. The zero-order valence-electron chi connectivity index (χ0n) is 11.6. The SMILES string of the molecule is CS(=O)(=O)N1CCN(S(=O)(=O)c2cccc(CO)c2)CC1. The number of benzene rings is 1. The number of rotatable bonds is 4. The smallest absolute Gasteiger partial charge is 0.243 e. The van der Waals surface area contributed by atoms with Crippen LogP contribution in [-0.4, -0.2) is 63.0 Å². The molecule has 1 fully saturated rings. The Balaban J connectivity index is 2.18. The normalized spacial score (nSPS) is 18.8. The second kappa shape index (κ2) is 6.01. The molecular formula is C12H18N2O5S2. The van der Waals surface area contributed by atoms with Crippen molar-refractivity contribution in [2.45, 2.75) is 11.5 Å². The Morgan fingerprint density at radius 3 is 2.14 bits per heavy atom. The van der Waals surface area contributed by atoms with E-state index in [1.54, 1.807) is 12.1 Å². The van der Waals surface area contributed by atoms with Crippen LogP contribution >= 0.6 is 0 Å². The molecule has 1 aromatic rings. The standard InChI is InChI=1S/C12H18N2O5S2/c1-20(16,17)13-5-7-14(8-6-13)21(18,19)12-4-2-3-11(9-12)10-15/h2-4,9,15H,5-8,10H2,1H3. The highest BCUT2D eigenvalue weighted by molar-refractivity contribution is 7.89. The van der Waals surface area contributed by atoms with Gasteiger partial charge in [-0.15, -0.1) is 0 Å². The molecule has 1 aromatic carbocycles. The lowest BCUT2D eigenvalue weighted by Crippen LogP contribution is -2.50. The molecule has 2 rings (SSSR count). The Kier molecular flexibility index (Phi) is 4.69. The summed E-state index contributed by atoms with van der Waals surface area (Å²) in [5.41, 5.74) is 0.519. The van der Waals surface area contributed by atoms with E-state index in [2.05, 4.69) is 0 Å². The van der Waals surface area contributed by atoms with Gasteiger partial charge >= 0.3 is 0 Å². The molecule has 0 bridgehead atoms. The third-order valence-corrected chi connectivity index (χ3v) is 6.58. The Hall–Kier alpha value is -1.00. The van der Waals surface area contributed by atoms with Crippen molar-refractivity contribution in [2.24, 2.45) is 0 Å². The Morgan fingerprint density at radius 1 is 1.05 bits per heavy atom. The molecule has 0 saturated carbocycles. The first-order valence-corrected chi connectivity index (χ1v) is 9.69.